The van der Waals surface area contributed by atoms with E-state index >= 15 is 0 Å². The van der Waals surface area contributed by atoms with Crippen LogP contribution in [0.25, 0.3) is 0 Å². The normalized spacial score (nSPS) is 24.9. The Morgan fingerprint density at radius 1 is 0.825 bits per heavy atom. The highest BCUT2D eigenvalue weighted by atomic mass is 32.2. The molecule has 2 N–H and O–H groups in total. The number of nitrogens with zero attached hydrogens (tertiary/aromatic N) is 2. The first-order chi connectivity index (χ1) is 26.9. The number of hydrogen-bond donors (Lipinski definition) is 2. The van der Waals surface area contributed by atoms with Crippen molar-refractivity contribution < 1.29 is 40.0 Å². The van der Waals surface area contributed by atoms with Crippen molar-refractivity contribution in [2.75, 3.05) is 24.6 Å². The van der Waals surface area contributed by atoms with Crippen LogP contribution < -0.4 is 0 Å². The van der Waals surface area contributed by atoms with Crippen LogP contribution in [0.5, 0.6) is 0 Å². The van der Waals surface area contributed by atoms with Gasteiger partial charge >= 0.3 is 5.97 Å². The smallest absolute Gasteiger partial charge is 0.308 e. The van der Waals surface area contributed by atoms with Gasteiger partial charge < -0.3 is 9.64 Å². The Balaban J connectivity index is 1.30. The van der Waals surface area contributed by atoms with Gasteiger partial charge in [-0.2, -0.15) is 16.8 Å². The zero-order valence-electron chi connectivity index (χ0n) is 33.9. The Bertz CT molecular complexity index is 2210. The van der Waals surface area contributed by atoms with Crippen LogP contribution in [0, 0.1) is 10.8 Å². The molecule has 1 fully saturated rings. The maximum atomic E-state index is 12.4. The van der Waals surface area contributed by atoms with E-state index in [9.17, 15) is 30.7 Å². The molecule has 2 heterocycles. The summed E-state index contributed by atoms with van der Waals surface area (Å²) in [5.74, 6) is -0.0964. The summed E-state index contributed by atoms with van der Waals surface area (Å²) < 4.78 is 72.7. The average Bonchev–Trinajstić information content (AvgIpc) is 3.49. The number of aryl methyl sites for hydroxylation is 2. The van der Waals surface area contributed by atoms with Crippen LogP contribution in [-0.4, -0.2) is 83.8 Å². The van der Waals surface area contributed by atoms with Crippen molar-refractivity contribution in [1.29, 1.82) is 0 Å². The number of allylic oxidation sites excluding steroid dienone is 7. The molecule has 2 aromatic carbocycles. The summed E-state index contributed by atoms with van der Waals surface area (Å²) in [5.41, 5.74) is 7.17. The summed E-state index contributed by atoms with van der Waals surface area (Å²) >= 11 is 0. The number of ether oxygens (including phenoxy) is 1. The van der Waals surface area contributed by atoms with Crippen molar-refractivity contribution in [2.24, 2.45) is 10.8 Å². The Morgan fingerprint density at radius 3 is 2.05 bits per heavy atom. The van der Waals surface area contributed by atoms with Crippen molar-refractivity contribution >= 4 is 31.9 Å². The third-order valence-electron chi connectivity index (χ3n) is 12.7. The number of benzene rings is 2. The Kier molecular flexibility index (Phi) is 12.9. The number of likely N-dealkylation sites (tertiary alicyclic amines) is 1. The number of rotatable bonds is 15. The molecule has 57 heavy (non-hydrogen) atoms. The van der Waals surface area contributed by atoms with Crippen LogP contribution in [0.3, 0.4) is 0 Å². The van der Waals surface area contributed by atoms with Gasteiger partial charge in [0.25, 0.3) is 20.2 Å². The lowest BCUT2D eigenvalue weighted by Crippen LogP contribution is -2.35. The van der Waals surface area contributed by atoms with Crippen molar-refractivity contribution in [3.05, 3.63) is 119 Å². The van der Waals surface area contributed by atoms with E-state index in [2.05, 4.69) is 91.8 Å². The van der Waals surface area contributed by atoms with E-state index < -0.39 is 26.2 Å². The number of fused-ring (bicyclic) bond motifs is 6. The van der Waals surface area contributed by atoms with Gasteiger partial charge in [-0.15, -0.1) is 0 Å². The Labute approximate surface area is 339 Å². The molecule has 4 unspecified atom stereocenters. The lowest BCUT2D eigenvalue weighted by Gasteiger charge is -2.36. The van der Waals surface area contributed by atoms with Gasteiger partial charge in [0, 0.05) is 55.5 Å². The van der Waals surface area contributed by atoms with Crippen LogP contribution in [0.1, 0.15) is 107 Å². The molecule has 2 aromatic rings. The van der Waals surface area contributed by atoms with Gasteiger partial charge in [0.15, 0.2) is 11.8 Å². The third kappa shape index (κ3) is 9.73. The van der Waals surface area contributed by atoms with E-state index in [1.165, 1.54) is 29.2 Å². The number of carbonyl (C=O) groups excluding carboxylic acids is 1. The van der Waals surface area contributed by atoms with Crippen molar-refractivity contribution in [3.63, 3.8) is 0 Å². The lowest BCUT2D eigenvalue weighted by atomic mass is 9.66. The summed E-state index contributed by atoms with van der Waals surface area (Å²) in [5, 5.41) is 0. The first-order valence-corrected chi connectivity index (χ1v) is 23.5. The number of hydrogen-bond acceptors (Lipinski definition) is 7. The molecule has 2 aliphatic heterocycles. The van der Waals surface area contributed by atoms with Crippen molar-refractivity contribution in [3.8, 4) is 0 Å². The quantitative estimate of drug-likeness (QED) is 0.0460. The molecule has 6 rings (SSSR count). The second-order valence-corrected chi connectivity index (χ2v) is 20.3. The highest BCUT2D eigenvalue weighted by molar-refractivity contribution is 7.86. The van der Waals surface area contributed by atoms with E-state index in [1.54, 1.807) is 6.08 Å². The second-order valence-electron chi connectivity index (χ2n) is 17.2. The van der Waals surface area contributed by atoms with Gasteiger partial charge in [-0.1, -0.05) is 74.5 Å². The molecule has 0 radical (unpaired) electrons. The van der Waals surface area contributed by atoms with Gasteiger partial charge in [-0.05, 0) is 92.9 Å². The topological polar surface area (TPSA) is 141 Å². The molecular formula is C45H59N2O8S2+. The average molecular weight is 820 g/mol. The zero-order chi connectivity index (χ0) is 41.2. The van der Waals surface area contributed by atoms with Gasteiger partial charge in [-0.3, -0.25) is 13.9 Å². The van der Waals surface area contributed by atoms with E-state index in [-0.39, 0.29) is 46.3 Å². The molecular weight excluding hydrogens is 761 g/mol. The summed E-state index contributed by atoms with van der Waals surface area (Å²) in [6.07, 6.45) is 17.5. The summed E-state index contributed by atoms with van der Waals surface area (Å²) in [7, 11) is -8.07. The molecule has 0 aromatic heterocycles. The van der Waals surface area contributed by atoms with E-state index in [4.69, 9.17) is 4.74 Å². The van der Waals surface area contributed by atoms with E-state index in [1.807, 2.05) is 24.3 Å². The molecule has 0 bridgehead atoms. The molecule has 12 heteroatoms. The Hall–Kier alpha value is -3.84. The molecule has 0 saturated carbocycles. The van der Waals surface area contributed by atoms with Crippen molar-refractivity contribution in [1.82, 2.24) is 4.90 Å². The lowest BCUT2D eigenvalue weighted by molar-refractivity contribution is -0.562. The molecule has 4 aliphatic rings. The molecule has 2 aliphatic carbocycles. The second kappa shape index (κ2) is 17.2. The highest BCUT2D eigenvalue weighted by Crippen LogP contribution is 2.57. The van der Waals surface area contributed by atoms with Gasteiger partial charge in [0.1, 0.15) is 12.3 Å². The molecule has 10 nitrogen and oxygen atoms in total. The molecule has 0 spiro atoms. The van der Waals surface area contributed by atoms with Crippen LogP contribution in [0.15, 0.2) is 96.4 Å². The number of carbonyl (C=O) groups is 1. The predicted octanol–water partition coefficient (Wildman–Crippen LogP) is 7.80. The molecule has 4 atom stereocenters. The van der Waals surface area contributed by atoms with Crippen LogP contribution in [0.4, 0.5) is 0 Å². The van der Waals surface area contributed by atoms with Crippen LogP contribution in [-0.2, 0) is 42.6 Å². The minimum absolute atomic E-state index is 0.217. The third-order valence-corrected chi connectivity index (χ3v) is 14.3. The fourth-order valence-corrected chi connectivity index (χ4v) is 11.5. The minimum Gasteiger partial charge on any atom is -0.427 e. The monoisotopic (exact) mass is 819 g/mol. The first kappa shape index (κ1) is 42.8. The fraction of sp³-hybridized carbons (Fsp3) is 0.511. The summed E-state index contributed by atoms with van der Waals surface area (Å²) in [6, 6.07) is 17.7. The molecule has 1 saturated heterocycles. The SMILES string of the molecule is CC(=O)OC(=C\C=C\C=C1\N(CCCCS(=O)(=O)O)C2CCc3ccccc3C2C1(C)C)/C=C/C1=[N+](CCCCS(=O)(=O)O)C2CCc3ccccc3C2C1(C)C. The summed E-state index contributed by atoms with van der Waals surface area (Å²) in [6.45, 7) is 11.7. The van der Waals surface area contributed by atoms with Crippen LogP contribution >= 0.6 is 0 Å². The fourth-order valence-electron chi connectivity index (χ4n) is 10.4. The first-order valence-electron chi connectivity index (χ1n) is 20.3. The van der Waals surface area contributed by atoms with Crippen molar-refractivity contribution in [2.45, 2.75) is 110 Å². The summed E-state index contributed by atoms with van der Waals surface area (Å²) in [4.78, 5) is 14.8. The maximum absolute atomic E-state index is 12.4. The maximum Gasteiger partial charge on any atom is 0.308 e. The molecule has 0 amide bonds. The number of unbranched alkanes of at least 4 members (excludes halogenated alkanes) is 2. The van der Waals surface area contributed by atoms with Gasteiger partial charge in [0.05, 0.1) is 22.8 Å². The van der Waals surface area contributed by atoms with Crippen LogP contribution in [0.2, 0.25) is 0 Å². The number of esters is 1. The molecule has 308 valence electrons. The largest absolute Gasteiger partial charge is 0.427 e. The standard InChI is InChI=1S/C45H58N2O8S2/c1-32(48)55-35(24-27-41-45(4,5)43-37-20-10-7-17-34(37)23-26-39(43)47(41)29-13-15-31-57(52,53)54)18-8-11-21-40-44(2,3)42-36-19-9-6-16-33(36)22-25-38(42)46(40)28-12-14-30-56(49,50)51/h6-11,16-21,24,27,38-39,42-43H,12-15,22-23,25-26,28-31H2,1-5H3,(H-,49,50,51,52,53,54)/p+1. The van der Waals surface area contributed by atoms with E-state index in [0.717, 1.165) is 37.1 Å². The van der Waals surface area contributed by atoms with Gasteiger partial charge in [-0.25, -0.2) is 4.58 Å². The highest BCUT2D eigenvalue weighted by Gasteiger charge is 2.56. The minimum atomic E-state index is -4.04. The predicted molar refractivity (Wildman–Crippen MR) is 224 cm³/mol. The van der Waals surface area contributed by atoms with E-state index in [0.29, 0.717) is 44.5 Å². The zero-order valence-corrected chi connectivity index (χ0v) is 35.6. The van der Waals surface area contributed by atoms with Gasteiger partial charge in [0.2, 0.25) is 0 Å². The Morgan fingerprint density at radius 2 is 1.42 bits per heavy atom.